The molecular weight excluding hydrogens is 396 g/mol. The Labute approximate surface area is 167 Å². The highest BCUT2D eigenvalue weighted by atomic mass is 32.2. The Morgan fingerprint density at radius 1 is 0.931 bits per heavy atom. The van der Waals surface area contributed by atoms with E-state index in [4.69, 9.17) is 5.14 Å². The predicted octanol–water partition coefficient (Wildman–Crippen LogP) is 3.97. The van der Waals surface area contributed by atoms with Gasteiger partial charge in [-0.25, -0.2) is 22.3 Å². The van der Waals surface area contributed by atoms with Crippen LogP contribution in [0.25, 0.3) is 0 Å². The number of halogens is 2. The number of hydrazone groups is 1. The third-order valence-electron chi connectivity index (χ3n) is 4.75. The first-order chi connectivity index (χ1) is 13.8. The Balaban J connectivity index is 1.75. The minimum Gasteiger partial charge on any atom is -0.257 e. The van der Waals surface area contributed by atoms with E-state index in [1.165, 1.54) is 36.4 Å². The van der Waals surface area contributed by atoms with Gasteiger partial charge in [-0.05, 0) is 59.7 Å². The van der Waals surface area contributed by atoms with Crippen LogP contribution in [0.5, 0.6) is 0 Å². The number of benzene rings is 3. The molecule has 0 spiro atoms. The first-order valence-electron chi connectivity index (χ1n) is 8.82. The van der Waals surface area contributed by atoms with E-state index in [0.717, 1.165) is 16.8 Å². The summed E-state index contributed by atoms with van der Waals surface area (Å²) in [7, 11) is -3.81. The fourth-order valence-corrected chi connectivity index (χ4v) is 3.84. The van der Waals surface area contributed by atoms with Crippen LogP contribution >= 0.6 is 0 Å². The third kappa shape index (κ3) is 4.03. The van der Waals surface area contributed by atoms with Crippen molar-refractivity contribution < 1.29 is 17.2 Å². The highest BCUT2D eigenvalue weighted by Gasteiger charge is 2.30. The SMILES string of the molecule is NS(=O)(=O)c1ccc(N2N=C(c3ccc(F)cc3)CC2c2cccc(F)c2)cc1. The second kappa shape index (κ2) is 7.38. The molecule has 0 fully saturated rings. The number of nitrogens with zero attached hydrogens (tertiary/aromatic N) is 2. The molecule has 1 aliphatic rings. The first-order valence-corrected chi connectivity index (χ1v) is 10.4. The fraction of sp³-hybridized carbons (Fsp3) is 0.0952. The molecule has 29 heavy (non-hydrogen) atoms. The Morgan fingerprint density at radius 3 is 2.24 bits per heavy atom. The number of hydrogen-bond donors (Lipinski definition) is 1. The quantitative estimate of drug-likeness (QED) is 0.703. The van der Waals surface area contributed by atoms with Crippen LogP contribution < -0.4 is 10.1 Å². The summed E-state index contributed by atoms with van der Waals surface area (Å²) in [4.78, 5) is -0.00881. The largest absolute Gasteiger partial charge is 0.257 e. The van der Waals surface area contributed by atoms with Gasteiger partial charge in [-0.15, -0.1) is 0 Å². The molecule has 1 atom stereocenters. The van der Waals surface area contributed by atoms with Crippen molar-refractivity contribution in [3.63, 3.8) is 0 Å². The van der Waals surface area contributed by atoms with Gasteiger partial charge < -0.3 is 0 Å². The van der Waals surface area contributed by atoms with E-state index in [1.54, 1.807) is 35.3 Å². The number of rotatable bonds is 4. The average molecular weight is 413 g/mol. The maximum absolute atomic E-state index is 13.8. The zero-order valence-corrected chi connectivity index (χ0v) is 16.0. The smallest absolute Gasteiger partial charge is 0.238 e. The second-order valence-electron chi connectivity index (χ2n) is 6.71. The number of primary sulfonamides is 1. The van der Waals surface area contributed by atoms with Crippen LogP contribution in [0.1, 0.15) is 23.6 Å². The molecular formula is C21H17F2N3O2S. The maximum atomic E-state index is 13.8. The molecule has 0 aliphatic carbocycles. The van der Waals surface area contributed by atoms with E-state index in [1.807, 2.05) is 6.07 Å². The molecule has 1 aliphatic heterocycles. The van der Waals surface area contributed by atoms with Crippen LogP contribution in [0.4, 0.5) is 14.5 Å². The summed E-state index contributed by atoms with van der Waals surface area (Å²) >= 11 is 0. The van der Waals surface area contributed by atoms with E-state index >= 15 is 0 Å². The molecule has 1 unspecified atom stereocenters. The van der Waals surface area contributed by atoms with Crippen molar-refractivity contribution in [1.29, 1.82) is 0 Å². The van der Waals surface area contributed by atoms with Gasteiger partial charge in [-0.3, -0.25) is 5.01 Å². The van der Waals surface area contributed by atoms with Crippen molar-refractivity contribution in [2.24, 2.45) is 10.2 Å². The Kier molecular flexibility index (Phi) is 4.89. The van der Waals surface area contributed by atoms with Gasteiger partial charge in [0.15, 0.2) is 0 Å². The Morgan fingerprint density at radius 2 is 1.62 bits per heavy atom. The lowest BCUT2D eigenvalue weighted by Crippen LogP contribution is -2.19. The highest BCUT2D eigenvalue weighted by molar-refractivity contribution is 7.89. The summed E-state index contributed by atoms with van der Waals surface area (Å²) in [6.07, 6.45) is 0.478. The normalized spacial score (nSPS) is 16.7. The van der Waals surface area contributed by atoms with E-state index in [9.17, 15) is 17.2 Å². The van der Waals surface area contributed by atoms with Crippen LogP contribution in [0.2, 0.25) is 0 Å². The van der Waals surface area contributed by atoms with Crippen LogP contribution in [0.15, 0.2) is 82.8 Å². The molecule has 0 saturated carbocycles. The number of nitrogens with two attached hydrogens (primary N) is 1. The van der Waals surface area contributed by atoms with E-state index in [0.29, 0.717) is 12.1 Å². The minimum absolute atomic E-state index is 0.00881. The van der Waals surface area contributed by atoms with Crippen molar-refractivity contribution in [3.8, 4) is 0 Å². The van der Waals surface area contributed by atoms with Crippen molar-refractivity contribution >= 4 is 21.4 Å². The van der Waals surface area contributed by atoms with Crippen molar-refractivity contribution in [3.05, 3.63) is 95.6 Å². The molecule has 8 heteroatoms. The zero-order valence-electron chi connectivity index (χ0n) is 15.2. The minimum atomic E-state index is -3.81. The monoisotopic (exact) mass is 413 g/mol. The van der Waals surface area contributed by atoms with E-state index in [2.05, 4.69) is 5.10 Å². The summed E-state index contributed by atoms with van der Waals surface area (Å²) in [5, 5.41) is 11.5. The molecule has 3 aromatic rings. The number of anilines is 1. The van der Waals surface area contributed by atoms with Gasteiger partial charge in [0.2, 0.25) is 10.0 Å². The topological polar surface area (TPSA) is 75.8 Å². The standard InChI is InChI=1S/C21H17F2N3O2S/c22-16-6-4-14(5-7-16)20-13-21(15-2-1-3-17(23)12-15)26(25-20)18-8-10-19(11-9-18)29(24,27)28/h1-12,21H,13H2,(H2,24,27,28). The second-order valence-corrected chi connectivity index (χ2v) is 8.27. The van der Waals surface area contributed by atoms with Gasteiger partial charge in [0.1, 0.15) is 11.6 Å². The molecule has 0 saturated heterocycles. The molecule has 0 amide bonds. The van der Waals surface area contributed by atoms with Crippen molar-refractivity contribution in [2.45, 2.75) is 17.4 Å². The molecule has 3 aromatic carbocycles. The number of sulfonamides is 1. The summed E-state index contributed by atoms with van der Waals surface area (Å²) in [6.45, 7) is 0. The zero-order chi connectivity index (χ0) is 20.6. The van der Waals surface area contributed by atoms with E-state index < -0.39 is 10.0 Å². The van der Waals surface area contributed by atoms with Crippen LogP contribution in [0, 0.1) is 11.6 Å². The molecule has 0 bridgehead atoms. The van der Waals surface area contributed by atoms with Gasteiger partial charge >= 0.3 is 0 Å². The molecule has 2 N–H and O–H groups in total. The fourth-order valence-electron chi connectivity index (χ4n) is 3.33. The van der Waals surface area contributed by atoms with Crippen molar-refractivity contribution in [2.75, 3.05) is 5.01 Å². The molecule has 0 radical (unpaired) electrons. The number of hydrogen-bond acceptors (Lipinski definition) is 4. The van der Waals surface area contributed by atoms with Gasteiger partial charge in [0.05, 0.1) is 22.3 Å². The summed E-state index contributed by atoms with van der Waals surface area (Å²) in [5.41, 5.74) is 2.83. The van der Waals surface area contributed by atoms with Crippen LogP contribution in [0.3, 0.4) is 0 Å². The van der Waals surface area contributed by atoms with Gasteiger partial charge in [0.25, 0.3) is 0 Å². The van der Waals surface area contributed by atoms with Gasteiger partial charge in [0, 0.05) is 6.42 Å². The summed E-state index contributed by atoms with van der Waals surface area (Å²) < 4.78 is 50.1. The molecule has 0 aromatic heterocycles. The molecule has 4 rings (SSSR count). The Bertz CT molecular complexity index is 1180. The third-order valence-corrected chi connectivity index (χ3v) is 5.68. The van der Waals surface area contributed by atoms with Crippen LogP contribution in [-0.4, -0.2) is 14.1 Å². The summed E-state index contributed by atoms with van der Waals surface area (Å²) in [5.74, 6) is -0.702. The van der Waals surface area contributed by atoms with Crippen LogP contribution in [-0.2, 0) is 10.0 Å². The Hall–Kier alpha value is -3.10. The van der Waals surface area contributed by atoms with Gasteiger partial charge in [-0.2, -0.15) is 5.10 Å². The summed E-state index contributed by atoms with van der Waals surface area (Å²) in [6, 6.07) is 18.0. The molecule has 5 nitrogen and oxygen atoms in total. The lowest BCUT2D eigenvalue weighted by atomic mass is 9.98. The predicted molar refractivity (Wildman–Crippen MR) is 107 cm³/mol. The van der Waals surface area contributed by atoms with Crippen molar-refractivity contribution in [1.82, 2.24) is 0 Å². The maximum Gasteiger partial charge on any atom is 0.238 e. The van der Waals surface area contributed by atoms with Gasteiger partial charge in [-0.1, -0.05) is 24.3 Å². The lowest BCUT2D eigenvalue weighted by Gasteiger charge is -2.24. The molecule has 148 valence electrons. The first kappa shape index (κ1) is 19.2. The highest BCUT2D eigenvalue weighted by Crippen LogP contribution is 2.37. The van der Waals surface area contributed by atoms with E-state index in [-0.39, 0.29) is 22.6 Å². The molecule has 1 heterocycles. The average Bonchev–Trinajstić information content (AvgIpc) is 3.13. The lowest BCUT2D eigenvalue weighted by molar-refractivity contribution is 0.597.